The Labute approximate surface area is 117 Å². The molecule has 0 radical (unpaired) electrons. The Morgan fingerprint density at radius 1 is 1.35 bits per heavy atom. The molecule has 0 aliphatic rings. The quantitative estimate of drug-likeness (QED) is 0.491. The Balaban J connectivity index is 2.96. The summed E-state index contributed by atoms with van der Waals surface area (Å²) in [6, 6.07) is 3.06. The predicted molar refractivity (Wildman–Crippen MR) is 74.1 cm³/mol. The van der Waals surface area contributed by atoms with Gasteiger partial charge in [-0.25, -0.2) is 4.79 Å². The van der Waals surface area contributed by atoms with Gasteiger partial charge in [-0.1, -0.05) is 6.08 Å². The first-order valence-corrected chi connectivity index (χ1v) is 6.23. The summed E-state index contributed by atoms with van der Waals surface area (Å²) in [5, 5.41) is 9.98. The number of benzene rings is 1. The fraction of sp³-hybridized carbons (Fsp3) is 0.333. The molecule has 5 heteroatoms. The van der Waals surface area contributed by atoms with Crippen LogP contribution < -0.4 is 4.74 Å². The first-order valence-electron chi connectivity index (χ1n) is 6.23. The Bertz CT molecular complexity index is 531. The lowest BCUT2D eigenvalue weighted by Gasteiger charge is -2.09. The van der Waals surface area contributed by atoms with Gasteiger partial charge in [0.2, 0.25) is 0 Å². The second kappa shape index (κ2) is 7.33. The molecular formula is C15H18O5. The smallest absolute Gasteiger partial charge is 0.330 e. The van der Waals surface area contributed by atoms with E-state index < -0.39 is 5.97 Å². The summed E-state index contributed by atoms with van der Waals surface area (Å²) in [4.78, 5) is 22.6. The van der Waals surface area contributed by atoms with Crippen LogP contribution in [-0.2, 0) is 16.0 Å². The first-order chi connectivity index (χ1) is 9.49. The normalized spacial score (nSPS) is 10.6. The molecule has 0 saturated heterocycles. The molecule has 1 aromatic rings. The maximum Gasteiger partial charge on any atom is 0.330 e. The number of carbonyl (C=O) groups is 2. The fourth-order valence-electron chi connectivity index (χ4n) is 1.65. The highest BCUT2D eigenvalue weighted by Crippen LogP contribution is 2.32. The summed E-state index contributed by atoms with van der Waals surface area (Å²) >= 11 is 0. The topological polar surface area (TPSA) is 72.8 Å². The SMILES string of the molecule is CCOC(=O)C=CCc1cc(C(C)=O)cc(OC)c1O. The third kappa shape index (κ3) is 4.12. The molecule has 20 heavy (non-hydrogen) atoms. The molecule has 0 saturated carbocycles. The lowest BCUT2D eigenvalue weighted by Crippen LogP contribution is -2.00. The van der Waals surface area contributed by atoms with E-state index in [-0.39, 0.29) is 17.3 Å². The number of hydrogen-bond acceptors (Lipinski definition) is 5. The molecule has 1 aromatic carbocycles. The molecule has 0 amide bonds. The summed E-state index contributed by atoms with van der Waals surface area (Å²) in [6.45, 7) is 3.46. The van der Waals surface area contributed by atoms with Crippen molar-refractivity contribution in [1.82, 2.24) is 0 Å². The van der Waals surface area contributed by atoms with Crippen LogP contribution in [0.2, 0.25) is 0 Å². The van der Waals surface area contributed by atoms with Crippen LogP contribution in [0.4, 0.5) is 0 Å². The highest BCUT2D eigenvalue weighted by Gasteiger charge is 2.12. The van der Waals surface area contributed by atoms with E-state index in [2.05, 4.69) is 0 Å². The number of phenols is 1. The Kier molecular flexibility index (Phi) is 5.77. The van der Waals surface area contributed by atoms with E-state index in [4.69, 9.17) is 9.47 Å². The molecule has 0 heterocycles. The first kappa shape index (κ1) is 15.8. The lowest BCUT2D eigenvalue weighted by molar-refractivity contribution is -0.137. The number of Topliss-reactive ketones (excluding diaryl/α,β-unsaturated/α-hetero) is 1. The second-order valence-corrected chi connectivity index (χ2v) is 4.10. The molecule has 0 spiro atoms. The molecule has 0 atom stereocenters. The third-order valence-corrected chi connectivity index (χ3v) is 2.66. The Morgan fingerprint density at radius 3 is 2.60 bits per heavy atom. The number of hydrogen-bond donors (Lipinski definition) is 1. The largest absolute Gasteiger partial charge is 0.504 e. The highest BCUT2D eigenvalue weighted by atomic mass is 16.5. The Morgan fingerprint density at radius 2 is 2.05 bits per heavy atom. The number of allylic oxidation sites excluding steroid dienone is 1. The number of carbonyl (C=O) groups excluding carboxylic acids is 2. The van der Waals surface area contributed by atoms with Crippen LogP contribution in [0.5, 0.6) is 11.5 Å². The zero-order chi connectivity index (χ0) is 15.1. The van der Waals surface area contributed by atoms with Crippen molar-refractivity contribution in [1.29, 1.82) is 0 Å². The van der Waals surface area contributed by atoms with Crippen molar-refractivity contribution in [3.8, 4) is 11.5 Å². The van der Waals surface area contributed by atoms with Gasteiger partial charge in [-0.15, -0.1) is 0 Å². The molecule has 108 valence electrons. The average Bonchev–Trinajstić information content (AvgIpc) is 2.40. The van der Waals surface area contributed by atoms with Crippen molar-refractivity contribution < 1.29 is 24.2 Å². The van der Waals surface area contributed by atoms with Crippen LogP contribution in [0.25, 0.3) is 0 Å². The molecule has 0 aliphatic heterocycles. The predicted octanol–water partition coefficient (Wildman–Crippen LogP) is 2.27. The summed E-state index contributed by atoms with van der Waals surface area (Å²) in [6.07, 6.45) is 3.15. The monoisotopic (exact) mass is 278 g/mol. The number of rotatable bonds is 6. The van der Waals surface area contributed by atoms with E-state index in [0.717, 1.165) is 0 Å². The maximum absolute atomic E-state index is 11.4. The lowest BCUT2D eigenvalue weighted by atomic mass is 10.0. The average molecular weight is 278 g/mol. The molecular weight excluding hydrogens is 260 g/mol. The minimum absolute atomic E-state index is 0.0361. The van der Waals surface area contributed by atoms with Gasteiger partial charge in [0.1, 0.15) is 0 Å². The van der Waals surface area contributed by atoms with Crippen molar-refractivity contribution in [2.75, 3.05) is 13.7 Å². The van der Waals surface area contributed by atoms with Gasteiger partial charge in [0, 0.05) is 17.2 Å². The van der Waals surface area contributed by atoms with Crippen molar-refractivity contribution in [2.45, 2.75) is 20.3 Å². The van der Waals surface area contributed by atoms with Gasteiger partial charge >= 0.3 is 5.97 Å². The number of ether oxygens (including phenoxy) is 2. The van der Waals surface area contributed by atoms with Gasteiger partial charge in [0.15, 0.2) is 17.3 Å². The van der Waals surface area contributed by atoms with Gasteiger partial charge in [0.25, 0.3) is 0 Å². The number of ketones is 1. The van der Waals surface area contributed by atoms with Crippen molar-refractivity contribution >= 4 is 11.8 Å². The molecule has 1 rings (SSSR count). The summed E-state index contributed by atoms with van der Waals surface area (Å²) < 4.78 is 9.77. The van der Waals surface area contributed by atoms with Crippen LogP contribution in [0.3, 0.4) is 0 Å². The van der Waals surface area contributed by atoms with Crippen LogP contribution in [0.1, 0.15) is 29.8 Å². The molecule has 0 bridgehead atoms. The van der Waals surface area contributed by atoms with E-state index in [1.807, 2.05) is 0 Å². The van der Waals surface area contributed by atoms with Crippen LogP contribution in [0, 0.1) is 0 Å². The molecule has 1 N–H and O–H groups in total. The zero-order valence-corrected chi connectivity index (χ0v) is 11.8. The molecule has 5 nitrogen and oxygen atoms in total. The number of phenolic OH excluding ortho intramolecular Hbond substituents is 1. The van der Waals surface area contributed by atoms with Gasteiger partial charge in [-0.05, 0) is 32.4 Å². The van der Waals surface area contributed by atoms with Crippen molar-refractivity contribution in [3.05, 3.63) is 35.4 Å². The van der Waals surface area contributed by atoms with E-state index >= 15 is 0 Å². The van der Waals surface area contributed by atoms with Gasteiger partial charge in [0.05, 0.1) is 13.7 Å². The standard InChI is InChI=1S/C15H18O5/c1-4-20-14(17)7-5-6-11-8-12(10(2)16)9-13(19-3)15(11)18/h5,7-9,18H,4,6H2,1-3H3. The minimum atomic E-state index is -0.443. The third-order valence-electron chi connectivity index (χ3n) is 2.66. The summed E-state index contributed by atoms with van der Waals surface area (Å²) in [5.74, 6) is -0.371. The molecule has 0 aromatic heterocycles. The molecule has 0 aliphatic carbocycles. The van der Waals surface area contributed by atoms with Gasteiger partial charge in [-0.2, -0.15) is 0 Å². The number of esters is 1. The van der Waals surface area contributed by atoms with Crippen LogP contribution in [-0.4, -0.2) is 30.6 Å². The molecule has 0 fully saturated rings. The maximum atomic E-state index is 11.4. The van der Waals surface area contributed by atoms with E-state index in [1.54, 1.807) is 19.1 Å². The van der Waals surface area contributed by atoms with Gasteiger partial charge in [-0.3, -0.25) is 4.79 Å². The van der Waals surface area contributed by atoms with E-state index in [1.165, 1.54) is 26.2 Å². The summed E-state index contributed by atoms with van der Waals surface area (Å²) in [7, 11) is 1.41. The van der Waals surface area contributed by atoms with Crippen molar-refractivity contribution in [2.24, 2.45) is 0 Å². The van der Waals surface area contributed by atoms with Gasteiger partial charge < -0.3 is 14.6 Å². The highest BCUT2D eigenvalue weighted by molar-refractivity contribution is 5.95. The van der Waals surface area contributed by atoms with Crippen molar-refractivity contribution in [3.63, 3.8) is 0 Å². The minimum Gasteiger partial charge on any atom is -0.504 e. The number of methoxy groups -OCH3 is 1. The Hall–Kier alpha value is -2.30. The van der Waals surface area contributed by atoms with Crippen LogP contribution in [0.15, 0.2) is 24.3 Å². The number of aromatic hydroxyl groups is 1. The molecule has 0 unspecified atom stereocenters. The fourth-order valence-corrected chi connectivity index (χ4v) is 1.65. The zero-order valence-electron chi connectivity index (χ0n) is 11.8. The van der Waals surface area contributed by atoms with Crippen LogP contribution >= 0.6 is 0 Å². The van der Waals surface area contributed by atoms with E-state index in [0.29, 0.717) is 24.2 Å². The summed E-state index contributed by atoms with van der Waals surface area (Å²) in [5.41, 5.74) is 0.953. The second-order valence-electron chi connectivity index (χ2n) is 4.10. The van der Waals surface area contributed by atoms with E-state index in [9.17, 15) is 14.7 Å².